The molecule has 1 aliphatic heterocycles. The van der Waals surface area contributed by atoms with Crippen LogP contribution in [0.15, 0.2) is 59.5 Å². The number of hydrogen-bond donors (Lipinski definition) is 1. The molecule has 9 nitrogen and oxygen atoms in total. The first kappa shape index (κ1) is 21.3. The molecular weight excluding hydrogens is 414 g/mol. The van der Waals surface area contributed by atoms with Crippen LogP contribution in [0.5, 0.6) is 11.5 Å². The minimum Gasteiger partial charge on any atom is -0.485 e. The average Bonchev–Trinajstić information content (AvgIpc) is 2.76. The van der Waals surface area contributed by atoms with Crippen LogP contribution in [-0.2, 0) is 29.0 Å². The molecule has 0 saturated carbocycles. The van der Waals surface area contributed by atoms with E-state index in [1.54, 1.807) is 42.5 Å². The van der Waals surface area contributed by atoms with Crippen LogP contribution in [0.2, 0.25) is 0 Å². The normalized spacial score (nSPS) is 15.1. The number of hydrogen-bond acceptors (Lipinski definition) is 8. The summed E-state index contributed by atoms with van der Waals surface area (Å²) in [5.74, 6) is -2.06. The minimum absolute atomic E-state index is 0.0761. The van der Waals surface area contributed by atoms with Gasteiger partial charge in [-0.05, 0) is 24.3 Å². The summed E-state index contributed by atoms with van der Waals surface area (Å²) in [6.07, 6.45) is -1.45. The lowest BCUT2D eigenvalue weighted by Gasteiger charge is -2.25. The first-order valence-electron chi connectivity index (χ1n) is 9.01. The Morgan fingerprint density at radius 2 is 1.67 bits per heavy atom. The highest BCUT2D eigenvalue weighted by molar-refractivity contribution is 7.91. The molecule has 1 unspecified atom stereocenters. The number of rotatable bonds is 7. The molecule has 3 rings (SSSR count). The number of fused-ring (bicyclic) bond motifs is 1. The predicted molar refractivity (Wildman–Crippen MR) is 104 cm³/mol. The molecule has 2 aromatic carbocycles. The van der Waals surface area contributed by atoms with Crippen molar-refractivity contribution in [3.05, 3.63) is 54.6 Å². The summed E-state index contributed by atoms with van der Waals surface area (Å²) in [6, 6.07) is 14.5. The number of benzene rings is 2. The highest BCUT2D eigenvalue weighted by atomic mass is 32.2. The Balaban J connectivity index is 1.41. The largest absolute Gasteiger partial charge is 0.485 e. The van der Waals surface area contributed by atoms with E-state index >= 15 is 0 Å². The van der Waals surface area contributed by atoms with Crippen molar-refractivity contribution in [2.45, 2.75) is 17.4 Å². The molecule has 0 fully saturated rings. The van der Waals surface area contributed by atoms with Gasteiger partial charge in [0.1, 0.15) is 6.61 Å². The third-order valence-corrected chi connectivity index (χ3v) is 5.84. The van der Waals surface area contributed by atoms with Crippen LogP contribution in [0.25, 0.3) is 0 Å². The van der Waals surface area contributed by atoms with Crippen LogP contribution >= 0.6 is 0 Å². The minimum atomic E-state index is -3.64. The van der Waals surface area contributed by atoms with Crippen molar-refractivity contribution in [1.82, 2.24) is 5.32 Å². The molecule has 2 aromatic rings. The molecule has 10 heteroatoms. The third-order valence-electron chi connectivity index (χ3n) is 4.11. The summed E-state index contributed by atoms with van der Waals surface area (Å²) < 4.78 is 39.9. The molecule has 0 radical (unpaired) electrons. The fourth-order valence-electron chi connectivity index (χ4n) is 2.58. The van der Waals surface area contributed by atoms with Gasteiger partial charge in [-0.1, -0.05) is 30.3 Å². The smallest absolute Gasteiger partial charge is 0.307 e. The van der Waals surface area contributed by atoms with Crippen LogP contribution < -0.4 is 14.8 Å². The van der Waals surface area contributed by atoms with Crippen molar-refractivity contribution in [2.24, 2.45) is 0 Å². The van der Waals surface area contributed by atoms with Crippen molar-refractivity contribution >= 4 is 27.6 Å². The Morgan fingerprint density at radius 1 is 1.00 bits per heavy atom. The Kier molecular flexibility index (Phi) is 6.68. The van der Waals surface area contributed by atoms with Crippen molar-refractivity contribution in [1.29, 1.82) is 0 Å². The highest BCUT2D eigenvalue weighted by Crippen LogP contribution is 2.30. The summed E-state index contributed by atoms with van der Waals surface area (Å²) in [5, 5.41) is 2.06. The van der Waals surface area contributed by atoms with Gasteiger partial charge in [0.15, 0.2) is 27.9 Å². The number of sulfone groups is 1. The second-order valence-electron chi connectivity index (χ2n) is 6.32. The van der Waals surface area contributed by atoms with Crippen molar-refractivity contribution in [2.75, 3.05) is 19.0 Å². The Morgan fingerprint density at radius 3 is 2.40 bits per heavy atom. The van der Waals surface area contributed by atoms with Crippen molar-refractivity contribution < 1.29 is 37.0 Å². The first-order chi connectivity index (χ1) is 14.3. The zero-order chi connectivity index (χ0) is 21.6. The molecule has 1 aliphatic rings. The number of para-hydroxylation sites is 2. The molecule has 1 N–H and O–H groups in total. The van der Waals surface area contributed by atoms with Gasteiger partial charge in [0.05, 0.1) is 17.1 Å². The molecule has 1 heterocycles. The van der Waals surface area contributed by atoms with E-state index in [4.69, 9.17) is 14.2 Å². The maximum absolute atomic E-state index is 12.1. The summed E-state index contributed by atoms with van der Waals surface area (Å²) in [4.78, 5) is 35.8. The van der Waals surface area contributed by atoms with Gasteiger partial charge in [0.2, 0.25) is 6.10 Å². The summed E-state index contributed by atoms with van der Waals surface area (Å²) in [6.45, 7) is -0.798. The van der Waals surface area contributed by atoms with Gasteiger partial charge >= 0.3 is 5.97 Å². The molecule has 158 valence electrons. The van der Waals surface area contributed by atoms with Crippen LogP contribution in [0.1, 0.15) is 6.42 Å². The second-order valence-corrected chi connectivity index (χ2v) is 8.43. The van der Waals surface area contributed by atoms with Crippen molar-refractivity contribution in [3.63, 3.8) is 0 Å². The first-order valence-corrected chi connectivity index (χ1v) is 10.7. The van der Waals surface area contributed by atoms with E-state index in [1.807, 2.05) is 0 Å². The van der Waals surface area contributed by atoms with Crippen LogP contribution in [-0.4, -0.2) is 51.3 Å². The fourth-order valence-corrected chi connectivity index (χ4v) is 3.83. The number of imide groups is 1. The van der Waals surface area contributed by atoms with Gasteiger partial charge in [-0.2, -0.15) is 0 Å². The maximum Gasteiger partial charge on any atom is 0.307 e. The van der Waals surface area contributed by atoms with Crippen LogP contribution in [0.4, 0.5) is 0 Å². The number of esters is 1. The highest BCUT2D eigenvalue weighted by Gasteiger charge is 2.28. The zero-order valence-electron chi connectivity index (χ0n) is 15.8. The Bertz CT molecular complexity index is 1040. The number of amides is 2. The second kappa shape index (κ2) is 9.40. The average molecular weight is 433 g/mol. The monoisotopic (exact) mass is 433 g/mol. The van der Waals surface area contributed by atoms with E-state index in [1.165, 1.54) is 12.1 Å². The quantitative estimate of drug-likeness (QED) is 0.638. The number of nitrogens with one attached hydrogen (secondary N) is 1. The number of carbonyl (C=O) groups is 3. The van der Waals surface area contributed by atoms with Gasteiger partial charge < -0.3 is 14.2 Å². The van der Waals surface area contributed by atoms with Gasteiger partial charge in [0.25, 0.3) is 11.8 Å². The standard InChI is InChI=1S/C20H19NO8S/c22-18(21-20(24)17-12-27-15-8-4-5-9-16(15)29-17)13-28-19(23)10-11-30(25,26)14-6-2-1-3-7-14/h1-9,17H,10-13H2,(H,21,22,24). The lowest BCUT2D eigenvalue weighted by atomic mass is 10.2. The molecular formula is C20H19NO8S. The Hall–Kier alpha value is -3.40. The molecule has 0 spiro atoms. The molecule has 1 atom stereocenters. The number of carbonyl (C=O) groups excluding carboxylic acids is 3. The van der Waals surface area contributed by atoms with E-state index in [-0.39, 0.29) is 11.5 Å². The van der Waals surface area contributed by atoms with Crippen LogP contribution in [0, 0.1) is 0 Å². The lowest BCUT2D eigenvalue weighted by molar-refractivity contribution is -0.150. The van der Waals surface area contributed by atoms with Crippen LogP contribution in [0.3, 0.4) is 0 Å². The third kappa shape index (κ3) is 5.57. The van der Waals surface area contributed by atoms with E-state index in [9.17, 15) is 22.8 Å². The molecule has 0 aromatic heterocycles. The van der Waals surface area contributed by atoms with E-state index in [0.29, 0.717) is 11.5 Å². The molecule has 0 saturated heterocycles. The molecule has 0 bridgehead atoms. The van der Waals surface area contributed by atoms with Gasteiger partial charge in [0, 0.05) is 0 Å². The predicted octanol–water partition coefficient (Wildman–Crippen LogP) is 0.876. The molecule has 2 amide bonds. The maximum atomic E-state index is 12.1. The van der Waals surface area contributed by atoms with Gasteiger partial charge in [-0.3, -0.25) is 19.7 Å². The molecule has 0 aliphatic carbocycles. The summed E-state index contributed by atoms with van der Waals surface area (Å²) in [7, 11) is -3.64. The molecule has 30 heavy (non-hydrogen) atoms. The van der Waals surface area contributed by atoms with Crippen molar-refractivity contribution in [3.8, 4) is 11.5 Å². The fraction of sp³-hybridized carbons (Fsp3) is 0.250. The van der Waals surface area contributed by atoms with E-state index in [2.05, 4.69) is 5.32 Å². The summed E-state index contributed by atoms with van der Waals surface area (Å²) in [5.41, 5.74) is 0. The summed E-state index contributed by atoms with van der Waals surface area (Å²) >= 11 is 0. The van der Waals surface area contributed by atoms with Gasteiger partial charge in [-0.25, -0.2) is 8.42 Å². The van der Waals surface area contributed by atoms with E-state index < -0.39 is 52.5 Å². The Labute approximate surface area is 172 Å². The van der Waals surface area contributed by atoms with Gasteiger partial charge in [-0.15, -0.1) is 0 Å². The van der Waals surface area contributed by atoms with E-state index in [0.717, 1.165) is 0 Å². The lowest BCUT2D eigenvalue weighted by Crippen LogP contribution is -2.47. The zero-order valence-corrected chi connectivity index (χ0v) is 16.6. The number of ether oxygens (including phenoxy) is 3. The topological polar surface area (TPSA) is 125 Å². The SMILES string of the molecule is O=C(COC(=O)CCS(=O)(=O)c1ccccc1)NC(=O)C1COc2ccccc2O1.